The van der Waals surface area contributed by atoms with E-state index in [2.05, 4.69) is 9.97 Å². The second-order valence-electron chi connectivity index (χ2n) is 5.07. The summed E-state index contributed by atoms with van der Waals surface area (Å²) in [6.45, 7) is 0. The quantitative estimate of drug-likeness (QED) is 0.758. The van der Waals surface area contributed by atoms with Crippen LogP contribution in [0.3, 0.4) is 0 Å². The summed E-state index contributed by atoms with van der Waals surface area (Å²) >= 11 is 0. The maximum Gasteiger partial charge on any atom is 0.253 e. The summed E-state index contributed by atoms with van der Waals surface area (Å²) in [6, 6.07) is 10.5. The molecular weight excluding hydrogens is 266 g/mol. The van der Waals surface area contributed by atoms with Crippen LogP contribution in [0.1, 0.15) is 10.4 Å². The molecule has 5 heteroatoms. The smallest absolute Gasteiger partial charge is 0.253 e. The van der Waals surface area contributed by atoms with Crippen LogP contribution in [0.15, 0.2) is 42.7 Å². The SMILES string of the molecule is CN(C)C(=O)c1ccc(O)c(-c2ccc3[nH]cnc3c2)c1. The van der Waals surface area contributed by atoms with Crippen LogP contribution in [0.25, 0.3) is 22.2 Å². The number of fused-ring (bicyclic) bond motifs is 1. The topological polar surface area (TPSA) is 69.2 Å². The van der Waals surface area contributed by atoms with Gasteiger partial charge in [-0.2, -0.15) is 0 Å². The Labute approximate surface area is 121 Å². The van der Waals surface area contributed by atoms with Gasteiger partial charge in [0, 0.05) is 25.2 Å². The van der Waals surface area contributed by atoms with Crippen molar-refractivity contribution in [2.75, 3.05) is 14.1 Å². The molecule has 1 aromatic heterocycles. The number of carbonyl (C=O) groups excluding carboxylic acids is 1. The van der Waals surface area contributed by atoms with Gasteiger partial charge in [-0.25, -0.2) is 4.98 Å². The molecule has 2 N–H and O–H groups in total. The highest BCUT2D eigenvalue weighted by molar-refractivity contribution is 5.96. The van der Waals surface area contributed by atoms with Crippen molar-refractivity contribution in [3.8, 4) is 16.9 Å². The fourth-order valence-electron chi connectivity index (χ4n) is 2.26. The third kappa shape index (κ3) is 2.33. The summed E-state index contributed by atoms with van der Waals surface area (Å²) in [5.74, 6) is 0.0392. The first-order valence-corrected chi connectivity index (χ1v) is 6.54. The number of nitrogens with one attached hydrogen (secondary N) is 1. The lowest BCUT2D eigenvalue weighted by Gasteiger charge is -2.12. The molecule has 0 saturated heterocycles. The van der Waals surface area contributed by atoms with Crippen molar-refractivity contribution in [3.63, 3.8) is 0 Å². The van der Waals surface area contributed by atoms with Crippen molar-refractivity contribution in [1.29, 1.82) is 0 Å². The largest absolute Gasteiger partial charge is 0.507 e. The number of phenolic OH excluding ortho intramolecular Hbond substituents is 1. The van der Waals surface area contributed by atoms with Crippen LogP contribution < -0.4 is 0 Å². The zero-order valence-corrected chi connectivity index (χ0v) is 11.8. The predicted molar refractivity (Wildman–Crippen MR) is 81.2 cm³/mol. The van der Waals surface area contributed by atoms with Gasteiger partial charge < -0.3 is 15.0 Å². The summed E-state index contributed by atoms with van der Waals surface area (Å²) in [4.78, 5) is 20.8. The number of aromatic amines is 1. The number of imidazole rings is 1. The molecule has 0 aliphatic carbocycles. The van der Waals surface area contributed by atoms with Gasteiger partial charge in [-0.1, -0.05) is 6.07 Å². The van der Waals surface area contributed by atoms with Gasteiger partial charge in [-0.3, -0.25) is 4.79 Å². The van der Waals surface area contributed by atoms with E-state index >= 15 is 0 Å². The lowest BCUT2D eigenvalue weighted by molar-refractivity contribution is 0.0827. The summed E-state index contributed by atoms with van der Waals surface area (Å²) in [5, 5.41) is 10.1. The van der Waals surface area contributed by atoms with E-state index in [1.807, 2.05) is 18.2 Å². The second kappa shape index (κ2) is 4.94. The molecule has 0 saturated carbocycles. The molecule has 0 aliphatic rings. The maximum absolute atomic E-state index is 12.0. The van der Waals surface area contributed by atoms with E-state index in [0.29, 0.717) is 11.1 Å². The average Bonchev–Trinajstić information content (AvgIpc) is 2.94. The van der Waals surface area contributed by atoms with Crippen molar-refractivity contribution >= 4 is 16.9 Å². The zero-order valence-electron chi connectivity index (χ0n) is 11.8. The number of rotatable bonds is 2. The third-order valence-corrected chi connectivity index (χ3v) is 3.38. The first-order chi connectivity index (χ1) is 10.1. The van der Waals surface area contributed by atoms with Gasteiger partial charge >= 0.3 is 0 Å². The van der Waals surface area contributed by atoms with Crippen LogP contribution in [0.2, 0.25) is 0 Å². The molecule has 5 nitrogen and oxygen atoms in total. The molecule has 106 valence electrons. The maximum atomic E-state index is 12.0. The highest BCUT2D eigenvalue weighted by atomic mass is 16.3. The van der Waals surface area contributed by atoms with E-state index < -0.39 is 0 Å². The number of hydrogen-bond acceptors (Lipinski definition) is 3. The fraction of sp³-hybridized carbons (Fsp3) is 0.125. The lowest BCUT2D eigenvalue weighted by Crippen LogP contribution is -2.21. The Bertz CT molecular complexity index is 821. The molecule has 0 atom stereocenters. The monoisotopic (exact) mass is 281 g/mol. The highest BCUT2D eigenvalue weighted by Crippen LogP contribution is 2.31. The van der Waals surface area contributed by atoms with Crippen molar-refractivity contribution in [2.24, 2.45) is 0 Å². The Morgan fingerprint density at radius 2 is 2.00 bits per heavy atom. The number of aromatic nitrogens is 2. The number of nitrogens with zero attached hydrogens (tertiary/aromatic N) is 2. The van der Waals surface area contributed by atoms with E-state index in [1.54, 1.807) is 38.6 Å². The molecule has 0 bridgehead atoms. The molecule has 0 spiro atoms. The fourth-order valence-corrected chi connectivity index (χ4v) is 2.26. The molecule has 3 aromatic rings. The number of H-pyrrole nitrogens is 1. The minimum Gasteiger partial charge on any atom is -0.507 e. The average molecular weight is 281 g/mol. The second-order valence-corrected chi connectivity index (χ2v) is 5.07. The minimum absolute atomic E-state index is 0.0999. The number of hydrogen-bond donors (Lipinski definition) is 2. The summed E-state index contributed by atoms with van der Waals surface area (Å²) in [6.07, 6.45) is 1.63. The van der Waals surface area contributed by atoms with Gasteiger partial charge in [0.15, 0.2) is 0 Å². The van der Waals surface area contributed by atoms with Crippen LogP contribution in [-0.4, -0.2) is 40.0 Å². The van der Waals surface area contributed by atoms with Gasteiger partial charge in [-0.15, -0.1) is 0 Å². The molecule has 0 fully saturated rings. The number of amides is 1. The Balaban J connectivity index is 2.12. The van der Waals surface area contributed by atoms with Gasteiger partial charge in [-0.05, 0) is 35.9 Å². The van der Waals surface area contributed by atoms with Crippen molar-refractivity contribution in [1.82, 2.24) is 14.9 Å². The van der Waals surface area contributed by atoms with Gasteiger partial charge in [0.1, 0.15) is 5.75 Å². The summed E-state index contributed by atoms with van der Waals surface area (Å²) in [5.41, 5.74) is 3.72. The van der Waals surface area contributed by atoms with E-state index in [4.69, 9.17) is 0 Å². The van der Waals surface area contributed by atoms with Gasteiger partial charge in [0.2, 0.25) is 0 Å². The molecule has 0 aliphatic heterocycles. The number of aromatic hydroxyl groups is 1. The summed E-state index contributed by atoms with van der Waals surface area (Å²) in [7, 11) is 3.40. The van der Waals surface area contributed by atoms with Crippen LogP contribution in [-0.2, 0) is 0 Å². The predicted octanol–water partition coefficient (Wildman–Crippen LogP) is 2.64. The normalized spacial score (nSPS) is 10.8. The molecule has 21 heavy (non-hydrogen) atoms. The third-order valence-electron chi connectivity index (χ3n) is 3.38. The lowest BCUT2D eigenvalue weighted by atomic mass is 10.0. The number of benzene rings is 2. The first-order valence-electron chi connectivity index (χ1n) is 6.54. The zero-order chi connectivity index (χ0) is 15.0. The number of carbonyl (C=O) groups is 1. The molecule has 3 rings (SSSR count). The molecule has 0 radical (unpaired) electrons. The van der Waals surface area contributed by atoms with E-state index in [-0.39, 0.29) is 11.7 Å². The summed E-state index contributed by atoms with van der Waals surface area (Å²) < 4.78 is 0. The Kier molecular flexibility index (Phi) is 3.10. The van der Waals surface area contributed by atoms with Crippen LogP contribution in [0, 0.1) is 0 Å². The molecule has 2 aromatic carbocycles. The van der Waals surface area contributed by atoms with Crippen LogP contribution in [0.4, 0.5) is 0 Å². The van der Waals surface area contributed by atoms with Crippen LogP contribution >= 0.6 is 0 Å². The van der Waals surface area contributed by atoms with Crippen molar-refractivity contribution in [3.05, 3.63) is 48.3 Å². The molecule has 1 amide bonds. The molecular formula is C16H15N3O2. The number of phenols is 1. The van der Waals surface area contributed by atoms with E-state index in [1.165, 1.54) is 4.90 Å². The van der Waals surface area contributed by atoms with Crippen molar-refractivity contribution < 1.29 is 9.90 Å². The van der Waals surface area contributed by atoms with Crippen molar-refractivity contribution in [2.45, 2.75) is 0 Å². The first kappa shape index (κ1) is 13.2. The Morgan fingerprint density at radius 3 is 2.76 bits per heavy atom. The minimum atomic E-state index is -0.0999. The van der Waals surface area contributed by atoms with Crippen LogP contribution in [0.5, 0.6) is 5.75 Å². The molecule has 1 heterocycles. The standard InChI is InChI=1S/C16H15N3O2/c1-19(2)16(21)11-4-6-15(20)12(7-11)10-3-5-13-14(8-10)18-9-17-13/h3-9,20H,1-2H3,(H,17,18). The molecule has 0 unspecified atom stereocenters. The van der Waals surface area contributed by atoms with Gasteiger partial charge in [0.05, 0.1) is 17.4 Å². The Morgan fingerprint density at radius 1 is 1.19 bits per heavy atom. The Hall–Kier alpha value is -2.82. The van der Waals surface area contributed by atoms with Gasteiger partial charge in [0.25, 0.3) is 5.91 Å². The van der Waals surface area contributed by atoms with E-state index in [9.17, 15) is 9.90 Å². The highest BCUT2D eigenvalue weighted by Gasteiger charge is 2.12. The van der Waals surface area contributed by atoms with E-state index in [0.717, 1.165) is 16.6 Å².